The number of hydrogen-bond acceptors (Lipinski definition) is 3. The van der Waals surface area contributed by atoms with Gasteiger partial charge in [0.15, 0.2) is 9.84 Å². The number of rotatable bonds is 4. The Hall–Kier alpha value is -1.13. The van der Waals surface area contributed by atoms with Crippen LogP contribution in [0.4, 0.5) is 0 Å². The molecule has 1 aromatic carbocycles. The summed E-state index contributed by atoms with van der Waals surface area (Å²) in [5.41, 5.74) is 0.905. The van der Waals surface area contributed by atoms with E-state index in [0.29, 0.717) is 11.3 Å². The molecule has 1 unspecified atom stereocenters. The highest BCUT2D eigenvalue weighted by Gasteiger charge is 2.29. The monoisotopic (exact) mass is 251 g/mol. The molecule has 1 aliphatic heterocycles. The van der Waals surface area contributed by atoms with Crippen LogP contribution in [0.3, 0.4) is 0 Å². The van der Waals surface area contributed by atoms with Crippen LogP contribution in [0.5, 0.6) is 0 Å². The van der Waals surface area contributed by atoms with Gasteiger partial charge in [-0.3, -0.25) is 0 Å². The normalized spacial score (nSPS) is 21.8. The van der Waals surface area contributed by atoms with Gasteiger partial charge in [-0.25, -0.2) is 8.42 Å². The minimum Gasteiger partial charge on any atom is -0.310 e. The van der Waals surface area contributed by atoms with E-state index in [2.05, 4.69) is 11.9 Å². The molecule has 1 heterocycles. The first kappa shape index (κ1) is 12.3. The van der Waals surface area contributed by atoms with Gasteiger partial charge >= 0.3 is 0 Å². The van der Waals surface area contributed by atoms with Gasteiger partial charge in [-0.15, -0.1) is 6.58 Å². The molecule has 3 nitrogen and oxygen atoms in total. The molecular formula is C13H17NO2S. The first-order valence-corrected chi connectivity index (χ1v) is 7.46. The van der Waals surface area contributed by atoms with E-state index in [0.717, 1.165) is 18.5 Å². The molecule has 0 saturated heterocycles. The number of benzene rings is 1. The van der Waals surface area contributed by atoms with E-state index in [-0.39, 0.29) is 11.8 Å². The number of fused-ring (bicyclic) bond motifs is 1. The molecule has 1 N–H and O–H groups in total. The van der Waals surface area contributed by atoms with Gasteiger partial charge in [-0.1, -0.05) is 24.3 Å². The average Bonchev–Trinajstić information content (AvgIpc) is 2.33. The molecule has 0 aromatic heterocycles. The van der Waals surface area contributed by atoms with E-state index in [9.17, 15) is 8.42 Å². The number of nitrogens with one attached hydrogen (secondary N) is 1. The third kappa shape index (κ3) is 2.58. The first-order valence-electron chi connectivity index (χ1n) is 5.81. The smallest absolute Gasteiger partial charge is 0.178 e. The predicted octanol–water partition coefficient (Wildman–Crippen LogP) is 2.07. The zero-order chi connectivity index (χ0) is 12.3. The fourth-order valence-electron chi connectivity index (χ4n) is 2.16. The van der Waals surface area contributed by atoms with Crippen molar-refractivity contribution in [3.63, 3.8) is 0 Å². The van der Waals surface area contributed by atoms with Crippen LogP contribution >= 0.6 is 0 Å². The van der Waals surface area contributed by atoms with E-state index in [4.69, 9.17) is 0 Å². The molecule has 0 aliphatic carbocycles. The molecule has 0 spiro atoms. The Bertz CT molecular complexity index is 508. The maximum atomic E-state index is 11.9. The molecule has 0 saturated carbocycles. The quantitative estimate of drug-likeness (QED) is 0.658. The number of hydrogen-bond donors (Lipinski definition) is 1. The summed E-state index contributed by atoms with van der Waals surface area (Å²) in [4.78, 5) is 0.488. The highest BCUT2D eigenvalue weighted by atomic mass is 32.2. The van der Waals surface area contributed by atoms with Gasteiger partial charge in [0.1, 0.15) is 0 Å². The topological polar surface area (TPSA) is 46.2 Å². The van der Waals surface area contributed by atoms with Gasteiger partial charge in [0.2, 0.25) is 0 Å². The average molecular weight is 251 g/mol. The standard InChI is InChI=1S/C13H17NO2S/c1-2-3-9-14-12-8-10-17(15,16)13-7-5-4-6-11(12)13/h2,4-7,12,14H,1,3,8-10H2. The van der Waals surface area contributed by atoms with Gasteiger partial charge in [0, 0.05) is 6.04 Å². The van der Waals surface area contributed by atoms with Crippen LogP contribution in [0, 0.1) is 0 Å². The van der Waals surface area contributed by atoms with Crippen LogP contribution in [-0.4, -0.2) is 20.7 Å². The molecule has 0 radical (unpaired) electrons. The van der Waals surface area contributed by atoms with E-state index in [1.54, 1.807) is 12.1 Å². The molecule has 17 heavy (non-hydrogen) atoms. The molecule has 0 amide bonds. The van der Waals surface area contributed by atoms with Gasteiger partial charge in [0.25, 0.3) is 0 Å². The summed E-state index contributed by atoms with van der Waals surface area (Å²) in [7, 11) is -3.07. The molecule has 2 rings (SSSR count). The second kappa shape index (κ2) is 5.02. The SMILES string of the molecule is C=CCCNC1CCS(=O)(=O)c2ccccc21. The Kier molecular flexibility index (Phi) is 3.64. The maximum Gasteiger partial charge on any atom is 0.178 e. The second-order valence-electron chi connectivity index (χ2n) is 4.23. The minimum absolute atomic E-state index is 0.148. The molecule has 1 atom stereocenters. The molecule has 1 aliphatic rings. The van der Waals surface area contributed by atoms with Crippen molar-refractivity contribution in [3.05, 3.63) is 42.5 Å². The Morgan fingerprint density at radius 3 is 2.94 bits per heavy atom. The van der Waals surface area contributed by atoms with Crippen molar-refractivity contribution in [3.8, 4) is 0 Å². The summed E-state index contributed by atoms with van der Waals surface area (Å²) in [6.45, 7) is 4.51. The summed E-state index contributed by atoms with van der Waals surface area (Å²) in [6.07, 6.45) is 3.40. The van der Waals surface area contributed by atoms with Crippen LogP contribution in [0.15, 0.2) is 41.8 Å². The van der Waals surface area contributed by atoms with Crippen molar-refractivity contribution in [2.24, 2.45) is 0 Å². The highest BCUT2D eigenvalue weighted by molar-refractivity contribution is 7.91. The Labute approximate surface area is 102 Å². The Morgan fingerprint density at radius 1 is 1.41 bits per heavy atom. The highest BCUT2D eigenvalue weighted by Crippen LogP contribution is 2.31. The summed E-state index contributed by atoms with van der Waals surface area (Å²) in [5.74, 6) is 0.232. The Morgan fingerprint density at radius 2 is 2.18 bits per heavy atom. The van der Waals surface area contributed by atoms with Gasteiger partial charge in [-0.05, 0) is 31.0 Å². The largest absolute Gasteiger partial charge is 0.310 e. The molecule has 1 aromatic rings. The van der Waals surface area contributed by atoms with Crippen molar-refractivity contribution >= 4 is 9.84 Å². The van der Waals surface area contributed by atoms with Crippen molar-refractivity contribution in [1.82, 2.24) is 5.32 Å². The third-order valence-electron chi connectivity index (χ3n) is 3.04. The van der Waals surface area contributed by atoms with Crippen molar-refractivity contribution < 1.29 is 8.42 Å². The summed E-state index contributed by atoms with van der Waals surface area (Å²) in [6, 6.07) is 7.42. The number of sulfone groups is 1. The van der Waals surface area contributed by atoms with Crippen molar-refractivity contribution in [1.29, 1.82) is 0 Å². The molecule has 0 bridgehead atoms. The van der Waals surface area contributed by atoms with Crippen LogP contribution in [0.1, 0.15) is 24.4 Å². The van der Waals surface area contributed by atoms with E-state index in [1.165, 1.54) is 0 Å². The maximum absolute atomic E-state index is 11.9. The molecule has 92 valence electrons. The zero-order valence-electron chi connectivity index (χ0n) is 9.72. The van der Waals surface area contributed by atoms with Gasteiger partial charge < -0.3 is 5.32 Å². The second-order valence-corrected chi connectivity index (χ2v) is 6.31. The predicted molar refractivity (Wildman–Crippen MR) is 68.7 cm³/mol. The lowest BCUT2D eigenvalue weighted by atomic mass is 10.0. The Balaban J connectivity index is 2.26. The van der Waals surface area contributed by atoms with Crippen LogP contribution < -0.4 is 5.32 Å². The fraction of sp³-hybridized carbons (Fsp3) is 0.385. The lowest BCUT2D eigenvalue weighted by molar-refractivity contribution is 0.497. The van der Waals surface area contributed by atoms with Crippen LogP contribution in [0.2, 0.25) is 0 Å². The van der Waals surface area contributed by atoms with Crippen molar-refractivity contribution in [2.45, 2.75) is 23.8 Å². The molecular weight excluding hydrogens is 234 g/mol. The lowest BCUT2D eigenvalue weighted by Crippen LogP contribution is -2.30. The van der Waals surface area contributed by atoms with E-state index in [1.807, 2.05) is 18.2 Å². The fourth-order valence-corrected chi connectivity index (χ4v) is 3.78. The van der Waals surface area contributed by atoms with E-state index >= 15 is 0 Å². The summed E-state index contributed by atoms with van der Waals surface area (Å²) < 4.78 is 23.8. The van der Waals surface area contributed by atoms with Crippen LogP contribution in [-0.2, 0) is 9.84 Å². The van der Waals surface area contributed by atoms with Crippen LogP contribution in [0.25, 0.3) is 0 Å². The lowest BCUT2D eigenvalue weighted by Gasteiger charge is -2.26. The van der Waals surface area contributed by atoms with Gasteiger partial charge in [0.05, 0.1) is 10.6 Å². The molecule has 4 heteroatoms. The zero-order valence-corrected chi connectivity index (χ0v) is 10.5. The van der Waals surface area contributed by atoms with Gasteiger partial charge in [-0.2, -0.15) is 0 Å². The molecule has 0 fully saturated rings. The summed E-state index contributed by atoms with van der Waals surface area (Å²) >= 11 is 0. The summed E-state index contributed by atoms with van der Waals surface area (Å²) in [5, 5.41) is 3.38. The first-order chi connectivity index (χ1) is 8.15. The van der Waals surface area contributed by atoms with E-state index < -0.39 is 9.84 Å². The van der Waals surface area contributed by atoms with Crippen molar-refractivity contribution in [2.75, 3.05) is 12.3 Å². The third-order valence-corrected chi connectivity index (χ3v) is 4.86. The minimum atomic E-state index is -3.07.